The normalized spacial score (nSPS) is 10.6. The van der Waals surface area contributed by atoms with Crippen molar-refractivity contribution in [2.45, 2.75) is 0 Å². The minimum Gasteiger partial charge on any atom is -0.497 e. The van der Waals surface area contributed by atoms with Crippen LogP contribution in [-0.2, 0) is 0 Å². The summed E-state index contributed by atoms with van der Waals surface area (Å²) in [6, 6.07) is 15.3. The second-order valence-corrected chi connectivity index (χ2v) is 6.09. The summed E-state index contributed by atoms with van der Waals surface area (Å²) in [7, 11) is 3.20. The third-order valence-corrected chi connectivity index (χ3v) is 4.39. The highest BCUT2D eigenvalue weighted by Gasteiger charge is 2.11. The lowest BCUT2D eigenvalue weighted by atomic mass is 10.1. The second kappa shape index (κ2) is 7.40. The van der Waals surface area contributed by atoms with Crippen LogP contribution in [0.15, 0.2) is 60.9 Å². The van der Waals surface area contributed by atoms with Gasteiger partial charge in [0.2, 0.25) is 5.95 Å². The number of hydrogen-bond acceptors (Lipinski definition) is 7. The highest BCUT2D eigenvalue weighted by Crippen LogP contribution is 2.32. The standard InChI is InChI=1S/C21H19N5O2/c1-27-15-6-8-19(28-2)18(11-15)25-21-24-12-16(20(22)26-21)13-5-7-17-14(10-13)4-3-9-23-17/h3-12H,1-2H3,(H3,22,24,25,26). The van der Waals surface area contributed by atoms with Gasteiger partial charge in [-0.15, -0.1) is 0 Å². The van der Waals surface area contributed by atoms with Gasteiger partial charge in [0.05, 0.1) is 25.4 Å². The number of nitrogens with zero attached hydrogens (tertiary/aromatic N) is 3. The average molecular weight is 373 g/mol. The van der Waals surface area contributed by atoms with E-state index in [0.717, 1.165) is 22.0 Å². The fourth-order valence-electron chi connectivity index (χ4n) is 2.95. The number of fused-ring (bicyclic) bond motifs is 1. The van der Waals surface area contributed by atoms with Crippen molar-refractivity contribution >= 4 is 28.4 Å². The number of hydrogen-bond donors (Lipinski definition) is 2. The lowest BCUT2D eigenvalue weighted by molar-refractivity contribution is 0.405. The van der Waals surface area contributed by atoms with Gasteiger partial charge in [0.1, 0.15) is 17.3 Å². The van der Waals surface area contributed by atoms with Crippen LogP contribution < -0.4 is 20.5 Å². The van der Waals surface area contributed by atoms with Crippen molar-refractivity contribution < 1.29 is 9.47 Å². The van der Waals surface area contributed by atoms with Crippen molar-refractivity contribution in [3.8, 4) is 22.6 Å². The highest BCUT2D eigenvalue weighted by atomic mass is 16.5. The molecule has 7 nitrogen and oxygen atoms in total. The van der Waals surface area contributed by atoms with Gasteiger partial charge in [-0.05, 0) is 35.9 Å². The predicted octanol–water partition coefficient (Wildman–Crippen LogP) is 4.03. The SMILES string of the molecule is COc1ccc(OC)c(Nc2ncc(-c3ccc4ncccc4c3)c(N)n2)c1. The molecule has 0 amide bonds. The minimum absolute atomic E-state index is 0.371. The second-order valence-electron chi connectivity index (χ2n) is 6.09. The van der Waals surface area contributed by atoms with Crippen LogP contribution in [0.25, 0.3) is 22.0 Å². The lowest BCUT2D eigenvalue weighted by Crippen LogP contribution is -2.03. The van der Waals surface area contributed by atoms with Gasteiger partial charge in [-0.2, -0.15) is 4.98 Å². The summed E-state index contributed by atoms with van der Waals surface area (Å²) in [5, 5.41) is 4.16. The monoisotopic (exact) mass is 373 g/mol. The Kier molecular flexibility index (Phi) is 4.63. The van der Waals surface area contributed by atoms with Crippen molar-refractivity contribution in [1.82, 2.24) is 15.0 Å². The summed E-state index contributed by atoms with van der Waals surface area (Å²) in [5.74, 6) is 2.09. The molecule has 0 radical (unpaired) electrons. The fraction of sp³-hybridized carbons (Fsp3) is 0.0952. The van der Waals surface area contributed by atoms with Crippen LogP contribution in [0.2, 0.25) is 0 Å². The van der Waals surface area contributed by atoms with E-state index >= 15 is 0 Å². The Morgan fingerprint density at radius 1 is 0.964 bits per heavy atom. The molecular weight excluding hydrogens is 354 g/mol. The van der Waals surface area contributed by atoms with Crippen LogP contribution in [0.3, 0.4) is 0 Å². The number of benzene rings is 2. The summed E-state index contributed by atoms with van der Waals surface area (Å²) in [6.07, 6.45) is 3.47. The quantitative estimate of drug-likeness (QED) is 0.545. The number of nitrogens with one attached hydrogen (secondary N) is 1. The van der Waals surface area contributed by atoms with E-state index in [1.165, 1.54) is 0 Å². The molecule has 4 aromatic rings. The molecular formula is C21H19N5O2. The maximum Gasteiger partial charge on any atom is 0.229 e. The van der Waals surface area contributed by atoms with Gasteiger partial charge in [0, 0.05) is 29.4 Å². The van der Waals surface area contributed by atoms with Crippen LogP contribution >= 0.6 is 0 Å². The Morgan fingerprint density at radius 2 is 1.86 bits per heavy atom. The van der Waals surface area contributed by atoms with Crippen molar-refractivity contribution in [3.05, 3.63) is 60.9 Å². The summed E-state index contributed by atoms with van der Waals surface area (Å²) in [6.45, 7) is 0. The Labute approximate surface area is 162 Å². The number of rotatable bonds is 5. The first-order valence-electron chi connectivity index (χ1n) is 8.64. The molecule has 0 aliphatic rings. The largest absolute Gasteiger partial charge is 0.497 e. The van der Waals surface area contributed by atoms with Gasteiger partial charge in [-0.25, -0.2) is 4.98 Å². The van der Waals surface area contributed by atoms with Gasteiger partial charge in [0.25, 0.3) is 0 Å². The Bertz CT molecular complexity index is 1150. The number of anilines is 3. The average Bonchev–Trinajstić information content (AvgIpc) is 2.73. The van der Waals surface area contributed by atoms with E-state index in [4.69, 9.17) is 15.2 Å². The molecule has 0 unspecified atom stereocenters. The van der Waals surface area contributed by atoms with E-state index < -0.39 is 0 Å². The number of ether oxygens (including phenoxy) is 2. The molecule has 0 fully saturated rings. The number of nitrogens with two attached hydrogens (primary N) is 1. The maximum atomic E-state index is 6.22. The van der Waals surface area contributed by atoms with E-state index in [2.05, 4.69) is 20.3 Å². The Hall–Kier alpha value is -3.87. The third kappa shape index (κ3) is 3.37. The zero-order valence-corrected chi connectivity index (χ0v) is 15.5. The van der Waals surface area contributed by atoms with Crippen LogP contribution in [0, 0.1) is 0 Å². The summed E-state index contributed by atoms with van der Waals surface area (Å²) >= 11 is 0. The molecule has 2 heterocycles. The molecule has 140 valence electrons. The minimum atomic E-state index is 0.371. The topological polar surface area (TPSA) is 95.2 Å². The number of pyridine rings is 1. The van der Waals surface area contributed by atoms with Crippen LogP contribution in [-0.4, -0.2) is 29.2 Å². The van der Waals surface area contributed by atoms with Gasteiger partial charge in [-0.1, -0.05) is 12.1 Å². The fourth-order valence-corrected chi connectivity index (χ4v) is 2.95. The van der Waals surface area contributed by atoms with Crippen molar-refractivity contribution in [1.29, 1.82) is 0 Å². The maximum absolute atomic E-state index is 6.22. The molecule has 0 saturated heterocycles. The third-order valence-electron chi connectivity index (χ3n) is 4.39. The van der Waals surface area contributed by atoms with E-state index in [0.29, 0.717) is 29.0 Å². The van der Waals surface area contributed by atoms with Crippen molar-refractivity contribution in [2.24, 2.45) is 0 Å². The lowest BCUT2D eigenvalue weighted by Gasteiger charge is -2.13. The first-order chi connectivity index (χ1) is 13.7. The molecule has 0 aliphatic carbocycles. The molecule has 2 aromatic heterocycles. The summed E-state index contributed by atoms with van der Waals surface area (Å²) in [5.41, 5.74) is 9.52. The summed E-state index contributed by atoms with van der Waals surface area (Å²) < 4.78 is 10.6. The van der Waals surface area contributed by atoms with Gasteiger partial charge in [-0.3, -0.25) is 4.98 Å². The molecule has 2 aromatic carbocycles. The van der Waals surface area contributed by atoms with Crippen LogP contribution in [0.5, 0.6) is 11.5 Å². The molecule has 28 heavy (non-hydrogen) atoms. The van der Waals surface area contributed by atoms with Crippen molar-refractivity contribution in [3.63, 3.8) is 0 Å². The highest BCUT2D eigenvalue weighted by molar-refractivity contribution is 5.86. The number of nitrogen functional groups attached to an aromatic ring is 1. The van der Waals surface area contributed by atoms with E-state index in [-0.39, 0.29) is 0 Å². The summed E-state index contributed by atoms with van der Waals surface area (Å²) in [4.78, 5) is 13.1. The molecule has 0 saturated carbocycles. The predicted molar refractivity (Wildman–Crippen MR) is 110 cm³/mol. The molecule has 3 N–H and O–H groups in total. The van der Waals surface area contributed by atoms with E-state index in [1.807, 2.05) is 48.5 Å². The smallest absolute Gasteiger partial charge is 0.229 e. The van der Waals surface area contributed by atoms with Gasteiger partial charge in [0.15, 0.2) is 0 Å². The van der Waals surface area contributed by atoms with E-state index in [1.54, 1.807) is 26.6 Å². The number of methoxy groups -OCH3 is 2. The molecule has 7 heteroatoms. The van der Waals surface area contributed by atoms with E-state index in [9.17, 15) is 0 Å². The number of aromatic nitrogens is 3. The Balaban J connectivity index is 1.66. The molecule has 0 aliphatic heterocycles. The molecule has 0 spiro atoms. The van der Waals surface area contributed by atoms with Gasteiger partial charge < -0.3 is 20.5 Å². The molecule has 4 rings (SSSR count). The first-order valence-corrected chi connectivity index (χ1v) is 8.64. The van der Waals surface area contributed by atoms with Crippen molar-refractivity contribution in [2.75, 3.05) is 25.3 Å². The van der Waals surface area contributed by atoms with Crippen LogP contribution in [0.1, 0.15) is 0 Å². The molecule has 0 bridgehead atoms. The van der Waals surface area contributed by atoms with Crippen LogP contribution in [0.4, 0.5) is 17.5 Å². The Morgan fingerprint density at radius 3 is 2.64 bits per heavy atom. The molecule has 0 atom stereocenters. The zero-order valence-electron chi connectivity index (χ0n) is 15.5. The zero-order chi connectivity index (χ0) is 19.5. The van der Waals surface area contributed by atoms with Gasteiger partial charge >= 0.3 is 0 Å². The first kappa shape index (κ1) is 17.5.